The maximum absolute atomic E-state index is 10.7. The van der Waals surface area contributed by atoms with E-state index in [1.54, 1.807) is 0 Å². The zero-order valence-electron chi connectivity index (χ0n) is 21.8. The number of carbonyl (C=O) groups is 1. The lowest BCUT2D eigenvalue weighted by Crippen LogP contribution is -2.35. The van der Waals surface area contributed by atoms with Gasteiger partial charge in [0.2, 0.25) is 6.41 Å². The van der Waals surface area contributed by atoms with Gasteiger partial charge in [-0.15, -0.1) is 0 Å². The molecule has 2 saturated carbocycles. The molecule has 7 heteroatoms. The summed E-state index contributed by atoms with van der Waals surface area (Å²) in [6.07, 6.45) is 10.6. The number of aromatic nitrogens is 2. The number of ether oxygens (including phenoxy) is 1. The minimum absolute atomic E-state index is 0.0622. The lowest BCUT2D eigenvalue weighted by atomic mass is 9.79. The quantitative estimate of drug-likeness (QED) is 0.581. The Labute approximate surface area is 206 Å². The highest BCUT2D eigenvalue weighted by Gasteiger charge is 2.33. The van der Waals surface area contributed by atoms with Gasteiger partial charge in [0, 0.05) is 55.9 Å². The fourth-order valence-electron chi connectivity index (χ4n) is 5.66. The fourth-order valence-corrected chi connectivity index (χ4v) is 5.66. The largest absolute Gasteiger partial charge is 0.381 e. The van der Waals surface area contributed by atoms with Crippen molar-refractivity contribution < 1.29 is 9.53 Å². The Morgan fingerprint density at radius 2 is 1.85 bits per heavy atom. The zero-order chi connectivity index (χ0) is 24.1. The number of hydrogen-bond acceptors (Lipinski definition) is 6. The molecular formula is C27H45N5O2. The van der Waals surface area contributed by atoms with Crippen LogP contribution in [0.5, 0.6) is 0 Å². The summed E-state index contributed by atoms with van der Waals surface area (Å²) < 4.78 is 5.52. The molecule has 1 amide bonds. The third-order valence-corrected chi connectivity index (χ3v) is 8.17. The number of carbonyl (C=O) groups excluding carboxylic acids is 1. The van der Waals surface area contributed by atoms with E-state index in [2.05, 4.69) is 42.0 Å². The fraction of sp³-hybridized carbons (Fsp3) is 0.815. The van der Waals surface area contributed by atoms with E-state index < -0.39 is 0 Å². The Hall–Kier alpha value is -1.73. The Balaban J connectivity index is 1.34. The minimum atomic E-state index is -0.0622. The third-order valence-electron chi connectivity index (χ3n) is 8.17. The molecule has 190 valence electrons. The Morgan fingerprint density at radius 3 is 2.53 bits per heavy atom. The second kappa shape index (κ2) is 11.3. The third kappa shape index (κ3) is 6.48. The Kier molecular flexibility index (Phi) is 8.46. The van der Waals surface area contributed by atoms with E-state index in [9.17, 15) is 4.79 Å². The van der Waals surface area contributed by atoms with Gasteiger partial charge >= 0.3 is 0 Å². The Bertz CT molecular complexity index is 797. The smallest absolute Gasteiger partial charge is 0.207 e. The lowest BCUT2D eigenvalue weighted by Gasteiger charge is -2.35. The first-order chi connectivity index (χ1) is 16.4. The number of hydrogen-bond donors (Lipinski definition) is 1. The van der Waals surface area contributed by atoms with Crippen LogP contribution in [0.15, 0.2) is 6.07 Å². The van der Waals surface area contributed by atoms with Crippen molar-refractivity contribution in [1.82, 2.24) is 20.2 Å². The number of amides is 1. The van der Waals surface area contributed by atoms with Gasteiger partial charge in [0.1, 0.15) is 11.6 Å². The molecule has 0 bridgehead atoms. The molecule has 1 aromatic heterocycles. The van der Waals surface area contributed by atoms with Crippen LogP contribution in [0.2, 0.25) is 0 Å². The number of methoxy groups -OCH3 is 1. The van der Waals surface area contributed by atoms with Gasteiger partial charge in [-0.3, -0.25) is 4.79 Å². The molecule has 7 nitrogen and oxygen atoms in total. The topological polar surface area (TPSA) is 70.6 Å². The van der Waals surface area contributed by atoms with Crippen LogP contribution in [0.1, 0.15) is 89.6 Å². The van der Waals surface area contributed by atoms with Crippen molar-refractivity contribution in [2.75, 3.05) is 44.7 Å². The van der Waals surface area contributed by atoms with Crippen LogP contribution in [0, 0.1) is 5.92 Å². The highest BCUT2D eigenvalue weighted by Crippen LogP contribution is 2.39. The molecule has 1 aromatic rings. The minimum Gasteiger partial charge on any atom is -0.381 e. The molecule has 1 N–H and O–H groups in total. The first kappa shape index (κ1) is 25.4. The van der Waals surface area contributed by atoms with Gasteiger partial charge < -0.3 is 19.9 Å². The molecule has 0 unspecified atom stereocenters. The summed E-state index contributed by atoms with van der Waals surface area (Å²) in [7, 11) is 1.81. The van der Waals surface area contributed by atoms with E-state index in [1.807, 2.05) is 7.11 Å². The highest BCUT2D eigenvalue weighted by molar-refractivity contribution is 5.46. The van der Waals surface area contributed by atoms with Crippen LogP contribution in [0.3, 0.4) is 0 Å². The highest BCUT2D eigenvalue weighted by atomic mass is 16.5. The number of nitrogens with one attached hydrogen (secondary N) is 1. The molecule has 34 heavy (non-hydrogen) atoms. The lowest BCUT2D eigenvalue weighted by molar-refractivity contribution is -0.110. The van der Waals surface area contributed by atoms with Crippen LogP contribution < -0.4 is 10.2 Å². The summed E-state index contributed by atoms with van der Waals surface area (Å²) in [6, 6.07) is 2.66. The van der Waals surface area contributed by atoms with Crippen LogP contribution in [-0.4, -0.2) is 73.3 Å². The van der Waals surface area contributed by atoms with Crippen molar-refractivity contribution in [1.29, 1.82) is 0 Å². The summed E-state index contributed by atoms with van der Waals surface area (Å²) >= 11 is 0. The average Bonchev–Trinajstić information content (AvgIpc) is 3.03. The summed E-state index contributed by atoms with van der Waals surface area (Å²) in [6.45, 7) is 12.2. The van der Waals surface area contributed by atoms with Gasteiger partial charge in [-0.25, -0.2) is 9.97 Å². The van der Waals surface area contributed by atoms with Gasteiger partial charge in [-0.1, -0.05) is 20.8 Å². The predicted molar refractivity (Wildman–Crippen MR) is 136 cm³/mol. The van der Waals surface area contributed by atoms with Gasteiger partial charge in [0.15, 0.2) is 0 Å². The van der Waals surface area contributed by atoms with Crippen molar-refractivity contribution in [2.24, 2.45) is 5.92 Å². The van der Waals surface area contributed by atoms with E-state index in [4.69, 9.17) is 14.7 Å². The van der Waals surface area contributed by atoms with E-state index in [0.29, 0.717) is 18.1 Å². The molecule has 1 aliphatic heterocycles. The van der Waals surface area contributed by atoms with Crippen LogP contribution in [0.25, 0.3) is 0 Å². The second-order valence-corrected chi connectivity index (χ2v) is 11.7. The summed E-state index contributed by atoms with van der Waals surface area (Å²) in [5.41, 5.74) is 1.14. The molecular weight excluding hydrogens is 426 g/mol. The molecule has 4 rings (SSSR count). The van der Waals surface area contributed by atoms with E-state index >= 15 is 0 Å². The van der Waals surface area contributed by atoms with E-state index in [1.165, 1.54) is 44.5 Å². The molecule has 2 heterocycles. The number of anilines is 1. The number of rotatable bonds is 8. The van der Waals surface area contributed by atoms with Gasteiger partial charge in [0.25, 0.3) is 0 Å². The standard InChI is InChI=1S/C27H45N5O2/c1-27(2,3)26-29-24(21-16-23(17-21)34-4)18-25(30-26)32-12-5-11-31(14-15-32)13-10-20-6-8-22(9-7-20)28-19-33/h18-23H,5-17H2,1-4H3,(H,28,33). The number of nitrogens with zero attached hydrogens (tertiary/aromatic N) is 4. The Morgan fingerprint density at radius 1 is 1.09 bits per heavy atom. The molecule has 2 aliphatic carbocycles. The zero-order valence-corrected chi connectivity index (χ0v) is 21.8. The van der Waals surface area contributed by atoms with Crippen LogP contribution in [-0.2, 0) is 14.9 Å². The first-order valence-corrected chi connectivity index (χ1v) is 13.4. The van der Waals surface area contributed by atoms with Crippen molar-refractivity contribution in [2.45, 2.75) is 95.6 Å². The van der Waals surface area contributed by atoms with Crippen molar-refractivity contribution in [3.8, 4) is 0 Å². The predicted octanol–water partition coefficient (Wildman–Crippen LogP) is 3.87. The molecule has 1 saturated heterocycles. The van der Waals surface area contributed by atoms with Crippen molar-refractivity contribution >= 4 is 12.2 Å². The first-order valence-electron chi connectivity index (χ1n) is 13.4. The SMILES string of the molecule is COC1CC(c2cc(N3CCCN(CCC4CCC(NC=O)CC4)CC3)nc(C(C)(C)C)n2)C1. The monoisotopic (exact) mass is 471 g/mol. The molecule has 0 aromatic carbocycles. The summed E-state index contributed by atoms with van der Waals surface area (Å²) in [5.74, 6) is 3.37. The molecule has 0 radical (unpaired) electrons. The molecule has 3 fully saturated rings. The van der Waals surface area contributed by atoms with Crippen LogP contribution >= 0.6 is 0 Å². The summed E-state index contributed by atoms with van der Waals surface area (Å²) in [5, 5.41) is 2.96. The van der Waals surface area contributed by atoms with Gasteiger partial charge in [-0.2, -0.15) is 0 Å². The summed E-state index contributed by atoms with van der Waals surface area (Å²) in [4.78, 5) is 25.9. The van der Waals surface area contributed by atoms with Gasteiger partial charge in [-0.05, 0) is 70.4 Å². The van der Waals surface area contributed by atoms with E-state index in [-0.39, 0.29) is 5.41 Å². The maximum Gasteiger partial charge on any atom is 0.207 e. The molecule has 0 spiro atoms. The maximum atomic E-state index is 10.7. The molecule has 0 atom stereocenters. The van der Waals surface area contributed by atoms with Gasteiger partial charge in [0.05, 0.1) is 6.10 Å². The van der Waals surface area contributed by atoms with Crippen molar-refractivity contribution in [3.63, 3.8) is 0 Å². The average molecular weight is 472 g/mol. The second-order valence-electron chi connectivity index (χ2n) is 11.7. The van der Waals surface area contributed by atoms with E-state index in [0.717, 1.165) is 69.3 Å². The molecule has 3 aliphatic rings. The normalized spacial score (nSPS) is 28.8. The van der Waals surface area contributed by atoms with Crippen LogP contribution in [0.4, 0.5) is 5.82 Å². The van der Waals surface area contributed by atoms with Crippen molar-refractivity contribution in [3.05, 3.63) is 17.6 Å².